The third-order valence-electron chi connectivity index (χ3n) is 2.14. The number of hydrogen-bond acceptors (Lipinski definition) is 5. The molecule has 96 valence electrons. The molecule has 3 N–H and O–H groups in total. The smallest absolute Gasteiger partial charge is 0.281 e. The van der Waals surface area contributed by atoms with Crippen molar-refractivity contribution in [1.29, 1.82) is 0 Å². The van der Waals surface area contributed by atoms with E-state index in [0.29, 0.717) is 5.69 Å². The van der Waals surface area contributed by atoms with E-state index in [1.165, 1.54) is 36.3 Å². The van der Waals surface area contributed by atoms with Crippen molar-refractivity contribution in [2.24, 2.45) is 7.05 Å². The minimum absolute atomic E-state index is 0.0647. The van der Waals surface area contributed by atoms with Crippen LogP contribution in [0.1, 0.15) is 0 Å². The van der Waals surface area contributed by atoms with E-state index in [-0.39, 0.29) is 16.0 Å². The number of aryl methyl sites for hydroxylation is 1. The van der Waals surface area contributed by atoms with Gasteiger partial charge in [0.1, 0.15) is 5.15 Å². The third-order valence-corrected chi connectivity index (χ3v) is 3.86. The van der Waals surface area contributed by atoms with E-state index in [4.69, 9.17) is 17.3 Å². The third kappa shape index (κ3) is 2.39. The Hall–Kier alpha value is -1.80. The highest BCUT2D eigenvalue weighted by Gasteiger charge is 2.22. The highest BCUT2D eigenvalue weighted by molar-refractivity contribution is 7.92. The maximum absolute atomic E-state index is 12.1. The minimum Gasteiger partial charge on any atom is -0.381 e. The van der Waals surface area contributed by atoms with Gasteiger partial charge >= 0.3 is 0 Å². The Bertz CT molecular complexity index is 663. The molecule has 0 bridgehead atoms. The van der Waals surface area contributed by atoms with E-state index in [1.54, 1.807) is 0 Å². The van der Waals surface area contributed by atoms with Crippen molar-refractivity contribution in [3.8, 4) is 0 Å². The number of nitrogen functional groups attached to an aromatic ring is 1. The highest BCUT2D eigenvalue weighted by Crippen LogP contribution is 2.20. The zero-order valence-corrected chi connectivity index (χ0v) is 10.9. The molecule has 0 aliphatic heterocycles. The van der Waals surface area contributed by atoms with Crippen molar-refractivity contribution >= 4 is 33.1 Å². The lowest BCUT2D eigenvalue weighted by molar-refractivity contribution is 0.592. The van der Waals surface area contributed by atoms with Crippen LogP contribution >= 0.6 is 11.6 Å². The topological polar surface area (TPSA) is 103 Å². The van der Waals surface area contributed by atoms with Crippen molar-refractivity contribution in [2.75, 3.05) is 10.5 Å². The summed E-state index contributed by atoms with van der Waals surface area (Å²) in [4.78, 5) is 7.48. The van der Waals surface area contributed by atoms with Crippen LogP contribution in [0.4, 0.5) is 11.5 Å². The first-order valence-electron chi connectivity index (χ1n) is 4.81. The van der Waals surface area contributed by atoms with E-state index < -0.39 is 10.0 Å². The molecule has 0 saturated carbocycles. The molecule has 9 heteroatoms. The summed E-state index contributed by atoms with van der Waals surface area (Å²) in [7, 11) is -2.27. The Morgan fingerprint density at radius 3 is 2.72 bits per heavy atom. The maximum Gasteiger partial charge on any atom is 0.281 e. The molecule has 0 atom stereocenters. The molecule has 0 fully saturated rings. The number of anilines is 2. The van der Waals surface area contributed by atoms with Gasteiger partial charge in [0.15, 0.2) is 10.8 Å². The van der Waals surface area contributed by atoms with Gasteiger partial charge in [-0.1, -0.05) is 11.6 Å². The number of nitrogens with zero attached hydrogens (tertiary/aromatic N) is 3. The van der Waals surface area contributed by atoms with Gasteiger partial charge in [-0.3, -0.25) is 4.72 Å². The molecule has 18 heavy (non-hydrogen) atoms. The zero-order chi connectivity index (χ0) is 13.3. The fourth-order valence-corrected chi connectivity index (χ4v) is 2.90. The molecule has 0 aliphatic carbocycles. The SMILES string of the molecule is Cn1cnc(N)c1S(=O)(=O)Nc1ccnc(Cl)c1. The van der Waals surface area contributed by atoms with Crippen LogP contribution in [0.2, 0.25) is 5.15 Å². The quantitative estimate of drug-likeness (QED) is 0.815. The molecular weight excluding hydrogens is 278 g/mol. The number of rotatable bonds is 3. The number of sulfonamides is 1. The molecule has 2 heterocycles. The fourth-order valence-electron chi connectivity index (χ4n) is 1.43. The van der Waals surface area contributed by atoms with E-state index in [1.807, 2.05) is 0 Å². The molecule has 0 spiro atoms. The van der Waals surface area contributed by atoms with E-state index in [9.17, 15) is 8.42 Å². The summed E-state index contributed by atoms with van der Waals surface area (Å²) in [5, 5.41) is 0.0867. The van der Waals surface area contributed by atoms with Crippen LogP contribution in [0.25, 0.3) is 0 Å². The lowest BCUT2D eigenvalue weighted by Crippen LogP contribution is -2.17. The number of halogens is 1. The number of aromatic nitrogens is 3. The van der Waals surface area contributed by atoms with Crippen LogP contribution < -0.4 is 10.5 Å². The van der Waals surface area contributed by atoms with Crippen LogP contribution in [-0.2, 0) is 17.1 Å². The molecule has 2 aromatic rings. The molecule has 0 amide bonds. The first kappa shape index (κ1) is 12.7. The average molecular weight is 288 g/mol. The van der Waals surface area contributed by atoms with Crippen LogP contribution in [0.15, 0.2) is 29.7 Å². The van der Waals surface area contributed by atoms with Crippen molar-refractivity contribution in [1.82, 2.24) is 14.5 Å². The second-order valence-electron chi connectivity index (χ2n) is 3.52. The van der Waals surface area contributed by atoms with E-state index in [0.717, 1.165) is 0 Å². The van der Waals surface area contributed by atoms with Gasteiger partial charge in [-0.05, 0) is 12.1 Å². The molecule has 0 unspecified atom stereocenters. The van der Waals surface area contributed by atoms with Crippen molar-refractivity contribution in [3.63, 3.8) is 0 Å². The number of pyridine rings is 1. The summed E-state index contributed by atoms with van der Waals surface area (Å²) in [6, 6.07) is 2.88. The minimum atomic E-state index is -3.81. The predicted molar refractivity (Wildman–Crippen MR) is 67.7 cm³/mol. The van der Waals surface area contributed by atoms with Crippen LogP contribution in [0.3, 0.4) is 0 Å². The highest BCUT2D eigenvalue weighted by atomic mass is 35.5. The molecule has 2 rings (SSSR count). The Morgan fingerprint density at radius 2 is 2.17 bits per heavy atom. The lowest BCUT2D eigenvalue weighted by atomic mass is 10.4. The first-order chi connectivity index (χ1) is 8.40. The second kappa shape index (κ2) is 4.46. The molecular formula is C9H10ClN5O2S. The molecule has 0 aromatic carbocycles. The van der Waals surface area contributed by atoms with Crippen LogP contribution in [0, 0.1) is 0 Å². The largest absolute Gasteiger partial charge is 0.381 e. The van der Waals surface area contributed by atoms with Crippen LogP contribution in [0.5, 0.6) is 0 Å². The Balaban J connectivity index is 2.39. The summed E-state index contributed by atoms with van der Waals surface area (Å²) >= 11 is 5.67. The Kier molecular flexibility index (Phi) is 3.14. The van der Waals surface area contributed by atoms with Crippen molar-refractivity contribution in [2.45, 2.75) is 5.03 Å². The zero-order valence-electron chi connectivity index (χ0n) is 9.33. The van der Waals surface area contributed by atoms with Gasteiger partial charge in [-0.25, -0.2) is 9.97 Å². The van der Waals surface area contributed by atoms with Gasteiger partial charge in [0.25, 0.3) is 10.0 Å². The summed E-state index contributed by atoms with van der Waals surface area (Å²) in [5.41, 5.74) is 5.82. The van der Waals surface area contributed by atoms with Gasteiger partial charge < -0.3 is 10.3 Å². The monoisotopic (exact) mass is 287 g/mol. The summed E-state index contributed by atoms with van der Waals surface area (Å²) in [6.07, 6.45) is 2.72. The fraction of sp³-hybridized carbons (Fsp3) is 0.111. The Labute approximate surface area is 109 Å². The molecule has 0 radical (unpaired) electrons. The standard InChI is InChI=1S/C9H10ClN5O2S/c1-15-5-13-8(11)9(15)18(16,17)14-6-2-3-12-7(10)4-6/h2-5H,11H2,1H3,(H,12,14). The molecule has 0 saturated heterocycles. The normalized spacial score (nSPS) is 11.4. The lowest BCUT2D eigenvalue weighted by Gasteiger charge is -2.08. The van der Waals surface area contributed by atoms with E-state index >= 15 is 0 Å². The molecule has 7 nitrogen and oxygen atoms in total. The van der Waals surface area contributed by atoms with E-state index in [2.05, 4.69) is 14.7 Å². The summed E-state index contributed by atoms with van der Waals surface area (Å²) in [6.45, 7) is 0. The van der Waals surface area contributed by atoms with Crippen molar-refractivity contribution in [3.05, 3.63) is 29.8 Å². The maximum atomic E-state index is 12.1. The van der Waals surface area contributed by atoms with Crippen LogP contribution in [-0.4, -0.2) is 23.0 Å². The van der Waals surface area contributed by atoms with Crippen molar-refractivity contribution < 1.29 is 8.42 Å². The summed E-state index contributed by atoms with van der Waals surface area (Å²) < 4.78 is 27.9. The number of imidazole rings is 1. The second-order valence-corrected chi connectivity index (χ2v) is 5.50. The van der Waals surface area contributed by atoms with Gasteiger partial charge in [-0.15, -0.1) is 0 Å². The van der Waals surface area contributed by atoms with Gasteiger partial charge in [0, 0.05) is 13.2 Å². The predicted octanol–water partition coefficient (Wildman–Crippen LogP) is 0.851. The number of hydrogen-bond donors (Lipinski definition) is 2. The van der Waals surface area contributed by atoms with Gasteiger partial charge in [0.05, 0.1) is 12.0 Å². The summed E-state index contributed by atoms with van der Waals surface area (Å²) in [5.74, 6) is -0.0647. The van der Waals surface area contributed by atoms with Gasteiger partial charge in [0.2, 0.25) is 0 Å². The molecule has 2 aromatic heterocycles. The average Bonchev–Trinajstić information content (AvgIpc) is 2.58. The number of nitrogens with two attached hydrogens (primary N) is 1. The number of nitrogens with one attached hydrogen (secondary N) is 1. The Morgan fingerprint density at radius 1 is 1.44 bits per heavy atom. The van der Waals surface area contributed by atoms with Gasteiger partial charge in [-0.2, -0.15) is 8.42 Å². The molecule has 0 aliphatic rings. The first-order valence-corrected chi connectivity index (χ1v) is 6.67.